The molecule has 5 N–H and O–H groups in total. The maximum absolute atomic E-state index is 10.9. The summed E-state index contributed by atoms with van der Waals surface area (Å²) in [6.45, 7) is 0. The number of halogens is 1. The Morgan fingerprint density at radius 2 is 2.27 bits per heavy atom. The first kappa shape index (κ1) is 12.2. The van der Waals surface area contributed by atoms with Crippen molar-refractivity contribution in [2.45, 2.75) is 11.3 Å². The van der Waals surface area contributed by atoms with Gasteiger partial charge in [-0.3, -0.25) is 10.2 Å². The Labute approximate surface area is 97.3 Å². The zero-order valence-electron chi connectivity index (χ0n) is 8.00. The minimum atomic E-state index is -0.201. The van der Waals surface area contributed by atoms with E-state index >= 15 is 0 Å². The predicted octanol–water partition coefficient (Wildman–Crippen LogP) is 1.39. The number of hydrogen-bond donors (Lipinski definition) is 3. The van der Waals surface area contributed by atoms with Crippen LogP contribution >= 0.6 is 23.4 Å². The van der Waals surface area contributed by atoms with Gasteiger partial charge in [0.1, 0.15) is 0 Å². The van der Waals surface area contributed by atoms with E-state index in [1.165, 1.54) is 11.8 Å². The lowest BCUT2D eigenvalue weighted by molar-refractivity contribution is -0.120. The van der Waals surface area contributed by atoms with Crippen LogP contribution in [0.3, 0.4) is 0 Å². The Kier molecular flexibility index (Phi) is 4.74. The second-order valence-electron chi connectivity index (χ2n) is 2.82. The Bertz CT molecular complexity index is 339. The number of anilines is 1. The molecule has 0 spiro atoms. The maximum Gasteiger partial charge on any atom is 0.234 e. The molecule has 1 amide bonds. The van der Waals surface area contributed by atoms with Crippen molar-refractivity contribution >= 4 is 35.0 Å². The molecule has 0 saturated heterocycles. The summed E-state index contributed by atoms with van der Waals surface area (Å²) in [6, 6.07) is 5.33. The summed E-state index contributed by atoms with van der Waals surface area (Å²) in [4.78, 5) is 11.7. The van der Waals surface area contributed by atoms with E-state index in [4.69, 9.17) is 23.2 Å². The zero-order valence-corrected chi connectivity index (χ0v) is 9.57. The highest BCUT2D eigenvalue weighted by molar-refractivity contribution is 7.99. The van der Waals surface area contributed by atoms with Gasteiger partial charge in [-0.05, 0) is 12.1 Å². The van der Waals surface area contributed by atoms with Gasteiger partial charge in [0.2, 0.25) is 5.91 Å². The Balaban J connectivity index is 2.54. The van der Waals surface area contributed by atoms with E-state index in [-0.39, 0.29) is 5.91 Å². The molecule has 0 atom stereocenters. The van der Waals surface area contributed by atoms with E-state index in [9.17, 15) is 4.79 Å². The summed E-state index contributed by atoms with van der Waals surface area (Å²) in [6.07, 6.45) is 0.339. The molecular formula is C9H12ClN3OS. The van der Waals surface area contributed by atoms with E-state index in [1.807, 2.05) is 0 Å². The molecule has 0 fully saturated rings. The molecule has 1 rings (SSSR count). The van der Waals surface area contributed by atoms with Crippen molar-refractivity contribution in [1.82, 2.24) is 5.43 Å². The van der Waals surface area contributed by atoms with Crippen LogP contribution in [0, 0.1) is 0 Å². The highest BCUT2D eigenvalue weighted by Gasteiger charge is 2.06. The van der Waals surface area contributed by atoms with Crippen LogP contribution in [0.4, 0.5) is 5.69 Å². The number of nitrogens with one attached hydrogen (secondary N) is 1. The van der Waals surface area contributed by atoms with E-state index in [2.05, 4.69) is 5.43 Å². The molecule has 0 aliphatic rings. The molecule has 0 radical (unpaired) electrons. The number of thioether (sulfide) groups is 1. The van der Waals surface area contributed by atoms with Crippen molar-refractivity contribution in [3.8, 4) is 0 Å². The topological polar surface area (TPSA) is 81.1 Å². The summed E-state index contributed by atoms with van der Waals surface area (Å²) in [5.41, 5.74) is 8.43. The lowest BCUT2D eigenvalue weighted by Crippen LogP contribution is -2.30. The smallest absolute Gasteiger partial charge is 0.234 e. The quantitative estimate of drug-likeness (QED) is 0.246. The average Bonchev–Trinajstić information content (AvgIpc) is 2.22. The molecule has 82 valence electrons. The van der Waals surface area contributed by atoms with Crippen LogP contribution in [0.2, 0.25) is 5.02 Å². The highest BCUT2D eigenvalue weighted by Crippen LogP contribution is 2.32. The first-order valence-electron chi connectivity index (χ1n) is 4.31. The van der Waals surface area contributed by atoms with Gasteiger partial charge in [-0.2, -0.15) is 0 Å². The van der Waals surface area contributed by atoms with Crippen molar-refractivity contribution in [3.63, 3.8) is 0 Å². The van der Waals surface area contributed by atoms with Gasteiger partial charge < -0.3 is 5.73 Å². The molecule has 6 heteroatoms. The van der Waals surface area contributed by atoms with Gasteiger partial charge in [0.25, 0.3) is 0 Å². The number of benzene rings is 1. The molecule has 0 aliphatic heterocycles. The van der Waals surface area contributed by atoms with Crippen molar-refractivity contribution in [2.75, 3.05) is 11.5 Å². The summed E-state index contributed by atoms with van der Waals surface area (Å²) < 4.78 is 0. The largest absolute Gasteiger partial charge is 0.398 e. The second kappa shape index (κ2) is 5.85. The molecule has 0 bridgehead atoms. The first-order chi connectivity index (χ1) is 7.15. The zero-order chi connectivity index (χ0) is 11.3. The Hall–Kier alpha value is -0.910. The number of hydrogen-bond acceptors (Lipinski definition) is 4. The number of hydrazine groups is 1. The summed E-state index contributed by atoms with van der Waals surface area (Å²) in [7, 11) is 0. The van der Waals surface area contributed by atoms with E-state index < -0.39 is 0 Å². The minimum absolute atomic E-state index is 0.201. The standard InChI is InChI=1S/C9H12ClN3OS/c10-6-2-1-3-7(11)9(6)15-5-4-8(14)13-12/h1-3H,4-5,11-12H2,(H,13,14). The lowest BCUT2D eigenvalue weighted by Gasteiger charge is -2.06. The second-order valence-corrected chi connectivity index (χ2v) is 4.34. The van der Waals surface area contributed by atoms with Gasteiger partial charge in [0, 0.05) is 22.8 Å². The first-order valence-corrected chi connectivity index (χ1v) is 5.67. The van der Waals surface area contributed by atoms with Crippen molar-refractivity contribution in [2.24, 2.45) is 5.84 Å². The van der Waals surface area contributed by atoms with Crippen molar-refractivity contribution < 1.29 is 4.79 Å². The van der Waals surface area contributed by atoms with E-state index in [1.54, 1.807) is 18.2 Å². The van der Waals surface area contributed by atoms with Crippen LogP contribution in [-0.2, 0) is 4.79 Å². The third-order valence-electron chi connectivity index (χ3n) is 1.73. The number of rotatable bonds is 4. The van der Waals surface area contributed by atoms with E-state index in [0.29, 0.717) is 22.9 Å². The number of carbonyl (C=O) groups excluding carboxylic acids is 1. The predicted molar refractivity (Wildman–Crippen MR) is 63.5 cm³/mol. The van der Waals surface area contributed by atoms with Crippen LogP contribution in [0.5, 0.6) is 0 Å². The fourth-order valence-electron chi connectivity index (χ4n) is 0.996. The van der Waals surface area contributed by atoms with E-state index in [0.717, 1.165) is 4.90 Å². The summed E-state index contributed by atoms with van der Waals surface area (Å²) in [5, 5.41) is 0.605. The monoisotopic (exact) mass is 245 g/mol. The van der Waals surface area contributed by atoms with Gasteiger partial charge >= 0.3 is 0 Å². The Morgan fingerprint density at radius 3 is 2.87 bits per heavy atom. The number of carbonyl (C=O) groups is 1. The molecule has 1 aromatic rings. The molecule has 0 heterocycles. The van der Waals surface area contributed by atoms with Crippen LogP contribution in [-0.4, -0.2) is 11.7 Å². The molecule has 0 saturated carbocycles. The van der Waals surface area contributed by atoms with Gasteiger partial charge in [-0.1, -0.05) is 17.7 Å². The number of nitrogen functional groups attached to an aromatic ring is 1. The maximum atomic E-state index is 10.9. The van der Waals surface area contributed by atoms with Crippen molar-refractivity contribution in [3.05, 3.63) is 23.2 Å². The van der Waals surface area contributed by atoms with Crippen LogP contribution in [0.15, 0.2) is 23.1 Å². The fourth-order valence-corrected chi connectivity index (χ4v) is 2.27. The van der Waals surface area contributed by atoms with Gasteiger partial charge in [-0.15, -0.1) is 11.8 Å². The van der Waals surface area contributed by atoms with Crippen LogP contribution in [0.1, 0.15) is 6.42 Å². The van der Waals surface area contributed by atoms with Gasteiger partial charge in [0.05, 0.1) is 5.02 Å². The minimum Gasteiger partial charge on any atom is -0.398 e. The van der Waals surface area contributed by atoms with Crippen molar-refractivity contribution in [1.29, 1.82) is 0 Å². The molecular weight excluding hydrogens is 234 g/mol. The number of nitrogens with two attached hydrogens (primary N) is 2. The average molecular weight is 246 g/mol. The van der Waals surface area contributed by atoms with Crippen LogP contribution in [0.25, 0.3) is 0 Å². The SMILES string of the molecule is NNC(=O)CCSc1c(N)cccc1Cl. The summed E-state index contributed by atoms with van der Waals surface area (Å²) in [5.74, 6) is 5.35. The normalized spacial score (nSPS) is 10.0. The fraction of sp³-hybridized carbons (Fsp3) is 0.222. The molecule has 0 unspecified atom stereocenters. The molecule has 1 aromatic carbocycles. The van der Waals surface area contributed by atoms with Crippen LogP contribution < -0.4 is 17.0 Å². The molecule has 4 nitrogen and oxygen atoms in total. The van der Waals surface area contributed by atoms with Gasteiger partial charge in [-0.25, -0.2) is 5.84 Å². The Morgan fingerprint density at radius 1 is 1.53 bits per heavy atom. The molecule has 0 aliphatic carbocycles. The summed E-state index contributed by atoms with van der Waals surface area (Å²) >= 11 is 7.40. The third kappa shape index (κ3) is 3.62. The number of amides is 1. The molecule has 0 aromatic heterocycles. The van der Waals surface area contributed by atoms with Gasteiger partial charge in [0.15, 0.2) is 0 Å². The lowest BCUT2D eigenvalue weighted by atomic mass is 10.3. The molecule has 15 heavy (non-hydrogen) atoms. The third-order valence-corrected chi connectivity index (χ3v) is 3.31. The highest BCUT2D eigenvalue weighted by atomic mass is 35.5.